The average Bonchev–Trinajstić information content (AvgIpc) is 3.10. The third-order valence-electron chi connectivity index (χ3n) is 4.98. The molecule has 0 bridgehead atoms. The van der Waals surface area contributed by atoms with Crippen LogP contribution in [0.25, 0.3) is 0 Å². The van der Waals surface area contributed by atoms with Crippen molar-refractivity contribution in [3.63, 3.8) is 0 Å². The van der Waals surface area contributed by atoms with Crippen molar-refractivity contribution in [1.29, 1.82) is 0 Å². The molecular formula is C20H28ClFN4S. The Morgan fingerprint density at radius 1 is 1.48 bits per heavy atom. The van der Waals surface area contributed by atoms with E-state index in [1.165, 1.54) is 49.7 Å². The number of nitrogens with one attached hydrogen (secondary N) is 1. The summed E-state index contributed by atoms with van der Waals surface area (Å²) in [6.07, 6.45) is 12.5. The maximum Gasteiger partial charge on any atom is 0.214 e. The van der Waals surface area contributed by atoms with Gasteiger partial charge >= 0.3 is 0 Å². The van der Waals surface area contributed by atoms with Crippen LogP contribution in [0.15, 0.2) is 45.9 Å². The highest BCUT2D eigenvalue weighted by molar-refractivity contribution is 8.04. The molecule has 3 N–H and O–H groups in total. The van der Waals surface area contributed by atoms with Gasteiger partial charge in [0, 0.05) is 35.2 Å². The molecule has 7 heteroatoms. The Morgan fingerprint density at radius 3 is 2.93 bits per heavy atom. The van der Waals surface area contributed by atoms with Crippen molar-refractivity contribution in [3.05, 3.63) is 47.0 Å². The smallest absolute Gasteiger partial charge is 0.214 e. The van der Waals surface area contributed by atoms with E-state index in [4.69, 9.17) is 17.3 Å². The van der Waals surface area contributed by atoms with Gasteiger partial charge in [0.25, 0.3) is 0 Å². The molecule has 1 fully saturated rings. The number of rotatable bonds is 10. The third-order valence-corrected chi connectivity index (χ3v) is 6.40. The molecule has 1 heterocycles. The molecule has 1 saturated carbocycles. The van der Waals surface area contributed by atoms with Gasteiger partial charge in [0.2, 0.25) is 5.95 Å². The molecule has 1 aromatic rings. The zero-order valence-corrected chi connectivity index (χ0v) is 17.4. The van der Waals surface area contributed by atoms with Crippen molar-refractivity contribution >= 4 is 29.2 Å². The summed E-state index contributed by atoms with van der Waals surface area (Å²) in [7, 11) is 0. The number of thioether (sulfide) groups is 1. The summed E-state index contributed by atoms with van der Waals surface area (Å²) < 4.78 is 13.3. The predicted octanol–water partition coefficient (Wildman–Crippen LogP) is 5.30. The minimum absolute atomic E-state index is 0.352. The fourth-order valence-electron chi connectivity index (χ4n) is 3.45. The van der Waals surface area contributed by atoms with E-state index in [9.17, 15) is 4.39 Å². The molecule has 0 saturated heterocycles. The highest BCUT2D eigenvalue weighted by atomic mass is 35.5. The summed E-state index contributed by atoms with van der Waals surface area (Å²) in [5, 5.41) is 3.70. The van der Waals surface area contributed by atoms with Crippen LogP contribution in [0.2, 0.25) is 5.02 Å². The molecule has 1 aliphatic carbocycles. The number of amidine groups is 1. The first-order chi connectivity index (χ1) is 13.0. The van der Waals surface area contributed by atoms with E-state index in [-0.39, 0.29) is 0 Å². The first-order valence-electron chi connectivity index (χ1n) is 9.28. The van der Waals surface area contributed by atoms with E-state index in [2.05, 4.69) is 21.9 Å². The van der Waals surface area contributed by atoms with E-state index in [1.807, 2.05) is 19.2 Å². The van der Waals surface area contributed by atoms with Crippen LogP contribution in [0.5, 0.6) is 0 Å². The van der Waals surface area contributed by atoms with Gasteiger partial charge in [-0.2, -0.15) is 4.39 Å². The first-order valence-corrected chi connectivity index (χ1v) is 10.5. The normalized spacial score (nSPS) is 16.8. The average molecular weight is 411 g/mol. The standard InChI is InChI=1S/C20H28ClFN4S/c1-3-10-24-11-8-20(6-4-5-7-20)9-12-25-19(23)15(2)27-17-13-18(22)26-14-16(17)21/h3,10,13-14,24H,2,4-9,11-12H2,1H3,(H2,23,25)/b10-3+. The van der Waals surface area contributed by atoms with Crippen molar-refractivity contribution in [2.75, 3.05) is 13.1 Å². The molecule has 1 aliphatic rings. The van der Waals surface area contributed by atoms with E-state index in [0.29, 0.717) is 32.6 Å². The number of hydrogen-bond acceptors (Lipinski definition) is 4. The quantitative estimate of drug-likeness (QED) is 0.180. The summed E-state index contributed by atoms with van der Waals surface area (Å²) in [6.45, 7) is 7.61. The molecule has 0 unspecified atom stereocenters. The van der Waals surface area contributed by atoms with Gasteiger partial charge in [-0.3, -0.25) is 4.99 Å². The molecular weight excluding hydrogens is 383 g/mol. The van der Waals surface area contributed by atoms with Crippen molar-refractivity contribution < 1.29 is 4.39 Å². The molecule has 0 amide bonds. The Labute approximate surface area is 170 Å². The monoisotopic (exact) mass is 410 g/mol. The third kappa shape index (κ3) is 6.85. The lowest BCUT2D eigenvalue weighted by Crippen LogP contribution is -2.24. The Balaban J connectivity index is 1.89. The topological polar surface area (TPSA) is 63.3 Å². The van der Waals surface area contributed by atoms with Gasteiger partial charge in [-0.1, -0.05) is 48.9 Å². The Hall–Kier alpha value is -1.53. The van der Waals surface area contributed by atoms with Crippen LogP contribution >= 0.6 is 23.4 Å². The van der Waals surface area contributed by atoms with Gasteiger partial charge in [0.1, 0.15) is 5.84 Å². The van der Waals surface area contributed by atoms with Crippen LogP contribution in [0.4, 0.5) is 4.39 Å². The second-order valence-electron chi connectivity index (χ2n) is 6.89. The molecule has 0 aliphatic heterocycles. The van der Waals surface area contributed by atoms with Crippen molar-refractivity contribution in [1.82, 2.24) is 10.3 Å². The van der Waals surface area contributed by atoms with Gasteiger partial charge < -0.3 is 11.1 Å². The van der Waals surface area contributed by atoms with Crippen LogP contribution in [0.3, 0.4) is 0 Å². The van der Waals surface area contributed by atoms with E-state index in [0.717, 1.165) is 19.4 Å². The van der Waals surface area contributed by atoms with Crippen LogP contribution in [-0.4, -0.2) is 23.9 Å². The van der Waals surface area contributed by atoms with Crippen molar-refractivity contribution in [2.45, 2.75) is 50.3 Å². The molecule has 4 nitrogen and oxygen atoms in total. The zero-order valence-electron chi connectivity index (χ0n) is 15.8. The molecule has 0 aromatic carbocycles. The minimum Gasteiger partial charge on any atom is -0.391 e. The summed E-state index contributed by atoms with van der Waals surface area (Å²) >= 11 is 7.26. The van der Waals surface area contributed by atoms with Gasteiger partial charge in [0.05, 0.1) is 5.02 Å². The molecule has 2 rings (SSSR count). The van der Waals surface area contributed by atoms with Gasteiger partial charge in [-0.25, -0.2) is 4.98 Å². The predicted molar refractivity (Wildman–Crippen MR) is 114 cm³/mol. The molecule has 0 spiro atoms. The molecule has 0 radical (unpaired) electrons. The first kappa shape index (κ1) is 21.8. The van der Waals surface area contributed by atoms with Crippen LogP contribution in [0.1, 0.15) is 45.4 Å². The number of nitrogens with two attached hydrogens (primary N) is 1. The highest BCUT2D eigenvalue weighted by Gasteiger charge is 2.32. The van der Waals surface area contributed by atoms with E-state index < -0.39 is 5.95 Å². The fourth-order valence-corrected chi connectivity index (χ4v) is 4.41. The summed E-state index contributed by atoms with van der Waals surface area (Å²) in [4.78, 5) is 9.13. The Bertz CT molecular complexity index is 699. The van der Waals surface area contributed by atoms with Crippen LogP contribution in [0, 0.1) is 11.4 Å². The van der Waals surface area contributed by atoms with Gasteiger partial charge in [0.15, 0.2) is 0 Å². The maximum atomic E-state index is 13.3. The molecule has 148 valence electrons. The number of hydrogen-bond donors (Lipinski definition) is 2. The van der Waals surface area contributed by atoms with E-state index in [1.54, 1.807) is 0 Å². The number of aliphatic imine (C=N–C) groups is 1. The van der Waals surface area contributed by atoms with Crippen molar-refractivity contribution in [3.8, 4) is 0 Å². The lowest BCUT2D eigenvalue weighted by molar-refractivity contribution is 0.253. The number of halogens is 2. The summed E-state index contributed by atoms with van der Waals surface area (Å²) in [5.74, 6) is -0.201. The van der Waals surface area contributed by atoms with Crippen LogP contribution < -0.4 is 11.1 Å². The number of pyridine rings is 1. The number of allylic oxidation sites excluding steroid dienone is 1. The fraction of sp³-hybridized carbons (Fsp3) is 0.500. The molecule has 1 aromatic heterocycles. The van der Waals surface area contributed by atoms with E-state index >= 15 is 0 Å². The summed E-state index contributed by atoms with van der Waals surface area (Å²) in [5.41, 5.74) is 6.43. The number of aromatic nitrogens is 1. The molecule has 0 atom stereocenters. The van der Waals surface area contributed by atoms with Gasteiger partial charge in [-0.15, -0.1) is 0 Å². The Kier molecular flexibility index (Phi) is 8.64. The second kappa shape index (κ2) is 10.7. The lowest BCUT2D eigenvalue weighted by atomic mass is 9.79. The van der Waals surface area contributed by atoms with Crippen LogP contribution in [-0.2, 0) is 0 Å². The maximum absolute atomic E-state index is 13.3. The zero-order chi connectivity index (χ0) is 19.7. The Morgan fingerprint density at radius 2 is 2.22 bits per heavy atom. The molecule has 27 heavy (non-hydrogen) atoms. The van der Waals surface area contributed by atoms with Crippen molar-refractivity contribution in [2.24, 2.45) is 16.1 Å². The minimum atomic E-state index is -0.583. The number of nitrogens with zero attached hydrogens (tertiary/aromatic N) is 2. The largest absolute Gasteiger partial charge is 0.391 e. The SMILES string of the molecule is C=C(Sc1cc(F)ncc1Cl)/C(N)=N\CCC1(CCN/C=C/C)CCCC1. The second-order valence-corrected chi connectivity index (χ2v) is 8.43. The highest BCUT2D eigenvalue weighted by Crippen LogP contribution is 2.43. The lowest BCUT2D eigenvalue weighted by Gasteiger charge is -2.28. The summed E-state index contributed by atoms with van der Waals surface area (Å²) in [6, 6.07) is 1.27. The van der Waals surface area contributed by atoms with Gasteiger partial charge in [-0.05, 0) is 44.2 Å².